The number of morpholine rings is 1. The Balaban J connectivity index is 1.83. The Hall–Kier alpha value is -2.40. The number of methoxy groups -OCH3 is 1. The summed E-state index contributed by atoms with van der Waals surface area (Å²) in [4.78, 5) is 14.8. The molecule has 1 fully saturated rings. The maximum Gasteiger partial charge on any atom is 0.254 e. The molecule has 1 saturated heterocycles. The number of rotatable bonds is 3. The lowest BCUT2D eigenvalue weighted by Gasteiger charge is -2.45. The maximum atomic E-state index is 13.1. The average molecular weight is 343 g/mol. The molecule has 0 aliphatic carbocycles. The summed E-state index contributed by atoms with van der Waals surface area (Å²) in [5.74, 6) is 0.371. The van der Waals surface area contributed by atoms with Gasteiger partial charge in [0.15, 0.2) is 0 Å². The van der Waals surface area contributed by atoms with Crippen molar-refractivity contribution in [3.05, 3.63) is 65.5 Å². The SMILES string of the molecule is COc1ccc(C(=O)N2CC(c3ccc(F)cc3)OCC2(C)C)cc1. The van der Waals surface area contributed by atoms with Crippen LogP contribution >= 0.6 is 0 Å². The molecule has 25 heavy (non-hydrogen) atoms. The number of carbonyl (C=O) groups excluding carboxylic acids is 1. The van der Waals surface area contributed by atoms with E-state index in [2.05, 4.69) is 0 Å². The Morgan fingerprint density at radius 3 is 2.40 bits per heavy atom. The molecule has 0 saturated carbocycles. The van der Waals surface area contributed by atoms with Crippen molar-refractivity contribution in [3.63, 3.8) is 0 Å². The molecule has 4 nitrogen and oxygen atoms in total. The molecule has 2 aromatic rings. The molecule has 3 rings (SSSR count). The minimum absolute atomic E-state index is 0.0527. The molecule has 0 aromatic heterocycles. The van der Waals surface area contributed by atoms with E-state index in [0.29, 0.717) is 24.5 Å². The first kappa shape index (κ1) is 17.4. The zero-order valence-electron chi connectivity index (χ0n) is 14.7. The number of carbonyl (C=O) groups is 1. The average Bonchev–Trinajstić information content (AvgIpc) is 2.62. The van der Waals surface area contributed by atoms with Gasteiger partial charge < -0.3 is 14.4 Å². The molecule has 0 bridgehead atoms. The summed E-state index contributed by atoms with van der Waals surface area (Å²) in [5.41, 5.74) is 1.05. The van der Waals surface area contributed by atoms with Crippen molar-refractivity contribution >= 4 is 5.91 Å². The van der Waals surface area contributed by atoms with Crippen molar-refractivity contribution in [3.8, 4) is 5.75 Å². The van der Waals surface area contributed by atoms with Gasteiger partial charge >= 0.3 is 0 Å². The normalized spacial score (nSPS) is 19.5. The van der Waals surface area contributed by atoms with Crippen LogP contribution in [0.3, 0.4) is 0 Å². The Morgan fingerprint density at radius 1 is 1.16 bits per heavy atom. The van der Waals surface area contributed by atoms with E-state index in [4.69, 9.17) is 9.47 Å². The van der Waals surface area contributed by atoms with E-state index in [0.717, 1.165) is 5.56 Å². The van der Waals surface area contributed by atoms with Gasteiger partial charge in [-0.1, -0.05) is 12.1 Å². The van der Waals surface area contributed by atoms with Gasteiger partial charge in [0.1, 0.15) is 17.7 Å². The molecule has 132 valence electrons. The molecule has 1 heterocycles. The quantitative estimate of drug-likeness (QED) is 0.850. The van der Waals surface area contributed by atoms with Crippen molar-refractivity contribution in [1.29, 1.82) is 0 Å². The number of nitrogens with zero attached hydrogens (tertiary/aromatic N) is 1. The smallest absolute Gasteiger partial charge is 0.254 e. The van der Waals surface area contributed by atoms with Crippen LogP contribution in [0.15, 0.2) is 48.5 Å². The monoisotopic (exact) mass is 343 g/mol. The number of ether oxygens (including phenoxy) is 2. The zero-order valence-corrected chi connectivity index (χ0v) is 14.7. The lowest BCUT2D eigenvalue weighted by Crippen LogP contribution is -2.56. The van der Waals surface area contributed by atoms with Gasteiger partial charge in [-0.05, 0) is 55.8 Å². The fourth-order valence-corrected chi connectivity index (χ4v) is 2.97. The van der Waals surface area contributed by atoms with Crippen LogP contribution in [-0.4, -0.2) is 36.6 Å². The molecule has 1 aliphatic rings. The van der Waals surface area contributed by atoms with Gasteiger partial charge in [0.25, 0.3) is 5.91 Å². The predicted octanol–water partition coefficient (Wildman–Crippen LogP) is 3.83. The van der Waals surface area contributed by atoms with E-state index in [1.165, 1.54) is 12.1 Å². The van der Waals surface area contributed by atoms with Crippen LogP contribution in [0, 0.1) is 5.82 Å². The summed E-state index contributed by atoms with van der Waals surface area (Å²) < 4.78 is 24.2. The second kappa shape index (κ2) is 6.84. The lowest BCUT2D eigenvalue weighted by molar-refractivity contribution is -0.0846. The number of amides is 1. The van der Waals surface area contributed by atoms with Gasteiger partial charge in [-0.3, -0.25) is 4.79 Å². The molecule has 1 atom stereocenters. The molecule has 1 unspecified atom stereocenters. The second-order valence-electron chi connectivity index (χ2n) is 6.81. The van der Waals surface area contributed by atoms with Crippen LogP contribution in [0.5, 0.6) is 5.75 Å². The van der Waals surface area contributed by atoms with Crippen LogP contribution < -0.4 is 4.74 Å². The van der Waals surface area contributed by atoms with Crippen LogP contribution in [0.1, 0.15) is 35.9 Å². The van der Waals surface area contributed by atoms with E-state index in [1.807, 2.05) is 18.7 Å². The van der Waals surface area contributed by atoms with Gasteiger partial charge in [0.05, 0.1) is 25.8 Å². The Kier molecular flexibility index (Phi) is 4.77. The Morgan fingerprint density at radius 2 is 1.80 bits per heavy atom. The van der Waals surface area contributed by atoms with Gasteiger partial charge in [-0.15, -0.1) is 0 Å². The summed E-state index contributed by atoms with van der Waals surface area (Å²) >= 11 is 0. The van der Waals surface area contributed by atoms with Gasteiger partial charge in [-0.25, -0.2) is 4.39 Å². The molecule has 0 N–H and O–H groups in total. The minimum Gasteiger partial charge on any atom is -0.497 e. The molecular formula is C20H22FNO3. The lowest BCUT2D eigenvalue weighted by atomic mass is 9.96. The third kappa shape index (κ3) is 3.66. The molecule has 5 heteroatoms. The van der Waals surface area contributed by atoms with Crippen molar-refractivity contribution < 1.29 is 18.7 Å². The topological polar surface area (TPSA) is 38.8 Å². The Bertz CT molecular complexity index is 741. The summed E-state index contributed by atoms with van der Waals surface area (Å²) in [5, 5.41) is 0. The van der Waals surface area contributed by atoms with Crippen molar-refractivity contribution in [2.24, 2.45) is 0 Å². The van der Waals surface area contributed by atoms with Crippen LogP contribution in [0.25, 0.3) is 0 Å². The van der Waals surface area contributed by atoms with Gasteiger partial charge in [-0.2, -0.15) is 0 Å². The fourth-order valence-electron chi connectivity index (χ4n) is 2.97. The molecule has 0 spiro atoms. The molecule has 2 aromatic carbocycles. The summed E-state index contributed by atoms with van der Waals surface area (Å²) in [6.07, 6.45) is -0.268. The minimum atomic E-state index is -0.423. The van der Waals surface area contributed by atoms with E-state index in [-0.39, 0.29) is 17.8 Å². The Labute approximate surface area is 147 Å². The van der Waals surface area contributed by atoms with Gasteiger partial charge in [0, 0.05) is 5.56 Å². The highest BCUT2D eigenvalue weighted by molar-refractivity contribution is 5.95. The van der Waals surface area contributed by atoms with Crippen LogP contribution in [-0.2, 0) is 4.74 Å². The maximum absolute atomic E-state index is 13.1. The first-order valence-electron chi connectivity index (χ1n) is 8.24. The number of hydrogen-bond donors (Lipinski definition) is 0. The van der Waals surface area contributed by atoms with E-state index >= 15 is 0 Å². The third-order valence-electron chi connectivity index (χ3n) is 4.54. The van der Waals surface area contributed by atoms with Crippen molar-refractivity contribution in [1.82, 2.24) is 4.90 Å². The number of halogens is 1. The molecule has 0 radical (unpaired) electrons. The van der Waals surface area contributed by atoms with Crippen molar-refractivity contribution in [2.75, 3.05) is 20.3 Å². The van der Waals surface area contributed by atoms with E-state index < -0.39 is 5.54 Å². The predicted molar refractivity (Wildman–Crippen MR) is 93.2 cm³/mol. The molecule has 1 amide bonds. The molecular weight excluding hydrogens is 321 g/mol. The first-order valence-corrected chi connectivity index (χ1v) is 8.24. The number of hydrogen-bond acceptors (Lipinski definition) is 3. The summed E-state index contributed by atoms with van der Waals surface area (Å²) in [7, 11) is 1.59. The van der Waals surface area contributed by atoms with Crippen molar-refractivity contribution in [2.45, 2.75) is 25.5 Å². The highest BCUT2D eigenvalue weighted by Gasteiger charge is 2.38. The van der Waals surface area contributed by atoms with E-state index in [9.17, 15) is 9.18 Å². The third-order valence-corrected chi connectivity index (χ3v) is 4.54. The molecule has 1 aliphatic heterocycles. The number of benzene rings is 2. The van der Waals surface area contributed by atoms with Crippen LogP contribution in [0.4, 0.5) is 4.39 Å². The fraction of sp³-hybridized carbons (Fsp3) is 0.350. The summed E-state index contributed by atoms with van der Waals surface area (Å²) in [6.45, 7) is 4.80. The second-order valence-corrected chi connectivity index (χ2v) is 6.81. The highest BCUT2D eigenvalue weighted by Crippen LogP contribution is 2.31. The zero-order chi connectivity index (χ0) is 18.0. The van der Waals surface area contributed by atoms with Gasteiger partial charge in [0.2, 0.25) is 0 Å². The van der Waals surface area contributed by atoms with Crippen LogP contribution in [0.2, 0.25) is 0 Å². The van der Waals surface area contributed by atoms with E-state index in [1.54, 1.807) is 43.5 Å². The highest BCUT2D eigenvalue weighted by atomic mass is 19.1. The first-order chi connectivity index (χ1) is 11.9. The summed E-state index contributed by atoms with van der Waals surface area (Å²) in [6, 6.07) is 13.3. The standard InChI is InChI=1S/C20H22FNO3/c1-20(2)13-25-18(14-4-8-16(21)9-5-14)12-22(20)19(23)15-6-10-17(24-3)11-7-15/h4-11,18H,12-13H2,1-3H3. The largest absolute Gasteiger partial charge is 0.497 e.